The first-order valence-electron chi connectivity index (χ1n) is 11.9. The third kappa shape index (κ3) is 5.31. The molecule has 0 atom stereocenters. The highest BCUT2D eigenvalue weighted by Crippen LogP contribution is 2.35. The van der Waals surface area contributed by atoms with E-state index < -0.39 is 10.0 Å². The molecule has 1 amide bonds. The lowest BCUT2D eigenvalue weighted by molar-refractivity contribution is -0.121. The standard InChI is InChI=1S/C26H33N3O3S/c1-3-5-26(30)28-17-19-6-8-20(9-7-19)22-10-11-25-23(16-22)24(18-27-25)21-12-14-29(15-13-21)33(31,32)4-2/h6-11,16,18,21,27H,3-5,12-15,17H2,1-2H3,(H,28,30). The molecule has 4 rings (SSSR count). The minimum absolute atomic E-state index is 0.0881. The molecule has 2 heterocycles. The zero-order chi connectivity index (χ0) is 23.4. The van der Waals surface area contributed by atoms with E-state index in [9.17, 15) is 13.2 Å². The quantitative estimate of drug-likeness (QED) is 0.500. The van der Waals surface area contributed by atoms with E-state index in [0.29, 0.717) is 32.0 Å². The fourth-order valence-electron chi connectivity index (χ4n) is 4.62. The Hall–Kier alpha value is -2.64. The predicted octanol–water partition coefficient (Wildman–Crippen LogP) is 4.78. The van der Waals surface area contributed by atoms with Gasteiger partial charge in [0.05, 0.1) is 5.75 Å². The van der Waals surface area contributed by atoms with Crippen molar-refractivity contribution in [2.75, 3.05) is 18.8 Å². The number of hydrogen-bond acceptors (Lipinski definition) is 3. The largest absolute Gasteiger partial charge is 0.361 e. The number of benzene rings is 2. The molecule has 0 unspecified atom stereocenters. The molecule has 0 aliphatic carbocycles. The molecular weight excluding hydrogens is 434 g/mol. The van der Waals surface area contributed by atoms with Crippen LogP contribution in [0.4, 0.5) is 0 Å². The molecule has 6 nitrogen and oxygen atoms in total. The molecule has 0 radical (unpaired) electrons. The molecule has 33 heavy (non-hydrogen) atoms. The number of fused-ring (bicyclic) bond motifs is 1. The van der Waals surface area contributed by atoms with Gasteiger partial charge in [0.25, 0.3) is 0 Å². The van der Waals surface area contributed by atoms with E-state index in [4.69, 9.17) is 0 Å². The molecule has 0 spiro atoms. The van der Waals surface area contributed by atoms with Crippen LogP contribution in [0.25, 0.3) is 22.0 Å². The van der Waals surface area contributed by atoms with E-state index in [2.05, 4.69) is 59.0 Å². The maximum Gasteiger partial charge on any atom is 0.220 e. The van der Waals surface area contributed by atoms with Gasteiger partial charge in [0.2, 0.25) is 15.9 Å². The Morgan fingerprint density at radius 2 is 1.76 bits per heavy atom. The second-order valence-electron chi connectivity index (χ2n) is 8.80. The van der Waals surface area contributed by atoms with Gasteiger partial charge in [-0.2, -0.15) is 0 Å². The normalized spacial score (nSPS) is 15.7. The highest BCUT2D eigenvalue weighted by molar-refractivity contribution is 7.89. The lowest BCUT2D eigenvalue weighted by Gasteiger charge is -2.30. The van der Waals surface area contributed by atoms with Crippen LogP contribution in [0.1, 0.15) is 56.6 Å². The van der Waals surface area contributed by atoms with E-state index in [0.717, 1.165) is 41.5 Å². The van der Waals surface area contributed by atoms with Crippen molar-refractivity contribution in [1.29, 1.82) is 0 Å². The van der Waals surface area contributed by atoms with Gasteiger partial charge < -0.3 is 10.3 Å². The lowest BCUT2D eigenvalue weighted by Crippen LogP contribution is -2.38. The van der Waals surface area contributed by atoms with Crippen molar-refractivity contribution < 1.29 is 13.2 Å². The molecule has 1 saturated heterocycles. The first-order chi connectivity index (χ1) is 15.9. The third-order valence-corrected chi connectivity index (χ3v) is 8.50. The van der Waals surface area contributed by atoms with Gasteiger partial charge in [0.1, 0.15) is 0 Å². The molecule has 0 saturated carbocycles. The molecule has 0 bridgehead atoms. The number of nitrogens with one attached hydrogen (secondary N) is 2. The van der Waals surface area contributed by atoms with Crippen LogP contribution in [0.2, 0.25) is 0 Å². The van der Waals surface area contributed by atoms with Gasteiger partial charge in [-0.15, -0.1) is 0 Å². The van der Waals surface area contributed by atoms with E-state index >= 15 is 0 Å². The average molecular weight is 468 g/mol. The van der Waals surface area contributed by atoms with Crippen molar-refractivity contribution >= 4 is 26.8 Å². The van der Waals surface area contributed by atoms with Crippen molar-refractivity contribution in [3.63, 3.8) is 0 Å². The molecule has 7 heteroatoms. The van der Waals surface area contributed by atoms with Crippen molar-refractivity contribution in [3.8, 4) is 11.1 Å². The Kier molecular flexibility index (Phi) is 7.20. The van der Waals surface area contributed by atoms with Crippen molar-refractivity contribution in [3.05, 3.63) is 59.8 Å². The molecular formula is C26H33N3O3S. The second-order valence-corrected chi connectivity index (χ2v) is 11.1. The van der Waals surface area contributed by atoms with Crippen molar-refractivity contribution in [2.24, 2.45) is 0 Å². The average Bonchev–Trinajstić information content (AvgIpc) is 3.26. The zero-order valence-corrected chi connectivity index (χ0v) is 20.2. The molecule has 2 aromatic carbocycles. The number of hydrogen-bond donors (Lipinski definition) is 2. The Morgan fingerprint density at radius 1 is 1.06 bits per heavy atom. The summed E-state index contributed by atoms with van der Waals surface area (Å²) in [5.41, 5.74) is 5.75. The summed E-state index contributed by atoms with van der Waals surface area (Å²) >= 11 is 0. The number of carbonyl (C=O) groups is 1. The van der Waals surface area contributed by atoms with Gasteiger partial charge in [0.15, 0.2) is 0 Å². The number of aromatic amines is 1. The van der Waals surface area contributed by atoms with E-state index in [1.807, 2.05) is 6.92 Å². The number of aromatic nitrogens is 1. The van der Waals surface area contributed by atoms with Gasteiger partial charge in [-0.25, -0.2) is 12.7 Å². The van der Waals surface area contributed by atoms with E-state index in [1.165, 1.54) is 10.9 Å². The summed E-state index contributed by atoms with van der Waals surface area (Å²) < 4.78 is 26.0. The van der Waals surface area contributed by atoms with Crippen LogP contribution in [0.3, 0.4) is 0 Å². The number of amides is 1. The number of carbonyl (C=O) groups excluding carboxylic acids is 1. The van der Waals surface area contributed by atoms with E-state index in [1.54, 1.807) is 11.2 Å². The fraction of sp³-hybridized carbons (Fsp3) is 0.423. The van der Waals surface area contributed by atoms with Crippen LogP contribution < -0.4 is 5.32 Å². The summed E-state index contributed by atoms with van der Waals surface area (Å²) in [5.74, 6) is 0.606. The Labute approximate surface area is 196 Å². The monoisotopic (exact) mass is 467 g/mol. The van der Waals surface area contributed by atoms with E-state index in [-0.39, 0.29) is 11.7 Å². The summed E-state index contributed by atoms with van der Waals surface area (Å²) in [6.45, 7) is 5.43. The number of piperidine rings is 1. The molecule has 1 fully saturated rings. The number of rotatable bonds is 8. The van der Waals surface area contributed by atoms with Crippen LogP contribution >= 0.6 is 0 Å². The first-order valence-corrected chi connectivity index (χ1v) is 13.5. The third-order valence-electron chi connectivity index (χ3n) is 6.62. The van der Waals surface area contributed by atoms with Crippen LogP contribution in [0.5, 0.6) is 0 Å². The zero-order valence-electron chi connectivity index (χ0n) is 19.4. The summed E-state index contributed by atoms with van der Waals surface area (Å²) in [5, 5.41) is 4.16. The van der Waals surface area contributed by atoms with Crippen LogP contribution in [0.15, 0.2) is 48.7 Å². The number of sulfonamides is 1. The minimum atomic E-state index is -3.11. The van der Waals surface area contributed by atoms with Gasteiger partial charge in [-0.1, -0.05) is 37.3 Å². The smallest absolute Gasteiger partial charge is 0.220 e. The Bertz CT molecular complexity index is 1210. The summed E-state index contributed by atoms with van der Waals surface area (Å²) in [7, 11) is -3.11. The molecule has 2 N–H and O–H groups in total. The van der Waals surface area contributed by atoms with Gasteiger partial charge in [-0.05, 0) is 66.5 Å². The number of nitrogens with zero attached hydrogens (tertiary/aromatic N) is 1. The SMILES string of the molecule is CCCC(=O)NCc1ccc(-c2ccc3[nH]cc(C4CCN(S(=O)(=O)CC)CC4)c3c2)cc1. The summed E-state index contributed by atoms with van der Waals surface area (Å²) in [6.07, 6.45) is 5.19. The minimum Gasteiger partial charge on any atom is -0.361 e. The molecule has 176 valence electrons. The lowest BCUT2D eigenvalue weighted by atomic mass is 9.89. The summed E-state index contributed by atoms with van der Waals surface area (Å²) in [6, 6.07) is 14.8. The van der Waals surface area contributed by atoms with Gasteiger partial charge >= 0.3 is 0 Å². The predicted molar refractivity (Wildman–Crippen MR) is 133 cm³/mol. The van der Waals surface area contributed by atoms with Gasteiger partial charge in [0, 0.05) is 43.2 Å². The van der Waals surface area contributed by atoms with Crippen LogP contribution in [-0.4, -0.2) is 42.5 Å². The van der Waals surface area contributed by atoms with Crippen LogP contribution in [-0.2, 0) is 21.4 Å². The highest BCUT2D eigenvalue weighted by atomic mass is 32.2. The first kappa shape index (κ1) is 23.5. The fourth-order valence-corrected chi connectivity index (χ4v) is 5.75. The Morgan fingerprint density at radius 3 is 2.42 bits per heavy atom. The van der Waals surface area contributed by atoms with Crippen molar-refractivity contribution in [1.82, 2.24) is 14.6 Å². The summed E-state index contributed by atoms with van der Waals surface area (Å²) in [4.78, 5) is 15.1. The topological polar surface area (TPSA) is 82.3 Å². The Balaban J connectivity index is 1.49. The second kappa shape index (κ2) is 10.1. The number of H-pyrrole nitrogens is 1. The van der Waals surface area contributed by atoms with Crippen LogP contribution in [0, 0.1) is 0 Å². The maximum atomic E-state index is 12.2. The molecule has 3 aromatic rings. The van der Waals surface area contributed by atoms with Crippen molar-refractivity contribution in [2.45, 2.75) is 52.0 Å². The molecule has 1 aliphatic rings. The highest BCUT2D eigenvalue weighted by Gasteiger charge is 2.28. The molecule has 1 aliphatic heterocycles. The van der Waals surface area contributed by atoms with Gasteiger partial charge in [-0.3, -0.25) is 4.79 Å². The molecule has 1 aromatic heterocycles. The maximum absolute atomic E-state index is 12.2.